The largest absolute Gasteiger partial charge is 0.509 e. The molecule has 1 aliphatic heterocycles. The van der Waals surface area contributed by atoms with Gasteiger partial charge in [0.2, 0.25) is 0 Å². The Morgan fingerprint density at radius 2 is 1.02 bits per heavy atom. The van der Waals surface area contributed by atoms with Crippen molar-refractivity contribution in [3.63, 3.8) is 0 Å². The van der Waals surface area contributed by atoms with Crippen LogP contribution in [0.2, 0.25) is 0 Å². The van der Waals surface area contributed by atoms with E-state index >= 15 is 0 Å². The molecule has 9 aromatic carbocycles. The zero-order valence-electron chi connectivity index (χ0n) is 47.5. The van der Waals surface area contributed by atoms with E-state index in [1.807, 2.05) is 12.3 Å². The number of ether oxygens (including phenoxy) is 1. The molecule has 81 heavy (non-hydrogen) atoms. The Balaban J connectivity index is 0.00000651. The van der Waals surface area contributed by atoms with Crippen LogP contribution < -0.4 is 14.5 Å². The van der Waals surface area contributed by atoms with Crippen LogP contribution in [0.25, 0.3) is 61.0 Å². The zero-order chi connectivity index (χ0) is 55.1. The molecule has 13 rings (SSSR count). The third-order valence-corrected chi connectivity index (χ3v) is 16.3. The van der Waals surface area contributed by atoms with E-state index < -0.39 is 5.41 Å². The molecule has 0 amide bonds. The molecule has 0 fully saturated rings. The van der Waals surface area contributed by atoms with Crippen molar-refractivity contribution >= 4 is 33.2 Å². The van der Waals surface area contributed by atoms with E-state index in [9.17, 15) is 0 Å². The molecular formula is C75H65N4OPt-3. The van der Waals surface area contributed by atoms with Gasteiger partial charge in [0.05, 0.1) is 0 Å². The van der Waals surface area contributed by atoms with Crippen LogP contribution in [0.5, 0.6) is 11.5 Å². The standard InChI is InChI=1S/C75H65N4O.Pt/c1-72(2,3)52-32-34-53(35-33-52)75(66-29-19-16-26-60(66)61-27-17-20-30-67(61)75)56-42-57(77-40-41-78(49-77)71-64(50-22-12-10-13-23-50)44-55(74(7,8)9)45-65(71)51-24-14-11-15-25-51)47-59(43-56)80-58-36-37-63-62-28-18-21-31-68(62)79(69(63)48-58)70-46-54(38-39-76-70)73(4,5)6;/h10-46,49H,1-9H3;/q-3;. The molecule has 3 heterocycles. The predicted octanol–water partition coefficient (Wildman–Crippen LogP) is 19.1. The van der Waals surface area contributed by atoms with Crippen LogP contribution in [0.4, 0.5) is 11.4 Å². The first-order valence-electron chi connectivity index (χ1n) is 27.9. The number of aromatic nitrogens is 2. The first-order chi connectivity index (χ1) is 38.5. The van der Waals surface area contributed by atoms with E-state index in [4.69, 9.17) is 9.72 Å². The van der Waals surface area contributed by atoms with E-state index in [-0.39, 0.29) is 37.3 Å². The fourth-order valence-corrected chi connectivity index (χ4v) is 12.1. The normalized spacial score (nSPS) is 13.8. The smallest absolute Gasteiger partial charge is 0.135 e. The molecule has 0 saturated heterocycles. The van der Waals surface area contributed by atoms with E-state index in [1.54, 1.807) is 0 Å². The van der Waals surface area contributed by atoms with E-state index in [0.717, 1.165) is 66.8 Å². The molecule has 0 N–H and O–H groups in total. The average Bonchev–Trinajstić information content (AvgIpc) is 4.06. The topological polar surface area (TPSA) is 33.5 Å². The molecule has 0 saturated carbocycles. The number of para-hydroxylation sites is 1. The van der Waals surface area contributed by atoms with Crippen LogP contribution >= 0.6 is 0 Å². The molecule has 2 aliphatic rings. The maximum atomic E-state index is 7.26. The Kier molecular flexibility index (Phi) is 13.4. The molecule has 11 aromatic rings. The summed E-state index contributed by atoms with van der Waals surface area (Å²) in [4.78, 5) is 9.45. The fourth-order valence-electron chi connectivity index (χ4n) is 12.1. The van der Waals surface area contributed by atoms with Crippen LogP contribution in [0.15, 0.2) is 225 Å². The molecule has 0 unspecified atom stereocenters. The SMILES string of the molecule is CC(C)(C)c1ccc(C2(c3cc(Oc4[c-]c5c(cc4)c4ccccc4n5-c4cc(C(C)(C)C)ccn4)[c-]c(N4C=CN(c5c(-c6ccccc6)cc(C(C)(C)C)cc5-c5ccccc5)[CH-]4)c3)c3ccccc3-c3ccccc32)cc1.[Pt]. The van der Waals surface area contributed by atoms with Crippen LogP contribution in [0.1, 0.15) is 101 Å². The maximum absolute atomic E-state index is 7.26. The third kappa shape index (κ3) is 9.40. The maximum Gasteiger partial charge on any atom is 0.135 e. The number of hydrogen-bond donors (Lipinski definition) is 0. The number of pyridine rings is 1. The molecule has 0 atom stereocenters. The molecule has 0 spiro atoms. The summed E-state index contributed by atoms with van der Waals surface area (Å²) in [6.07, 6.45) is 6.25. The molecule has 2 aromatic heterocycles. The van der Waals surface area contributed by atoms with Crippen LogP contribution in [0, 0.1) is 18.8 Å². The van der Waals surface area contributed by atoms with Crippen molar-refractivity contribution in [3.05, 3.63) is 283 Å². The van der Waals surface area contributed by atoms with Gasteiger partial charge in [-0.3, -0.25) is 0 Å². The number of benzene rings is 9. The molecule has 1 aliphatic carbocycles. The molecule has 6 heteroatoms. The summed E-state index contributed by atoms with van der Waals surface area (Å²) in [5, 5.41) is 2.20. The van der Waals surface area contributed by atoms with Gasteiger partial charge in [0.25, 0.3) is 0 Å². The zero-order valence-corrected chi connectivity index (χ0v) is 49.7. The van der Waals surface area contributed by atoms with Gasteiger partial charge in [-0.15, -0.1) is 53.6 Å². The Morgan fingerprint density at radius 1 is 0.457 bits per heavy atom. The Labute approximate surface area is 492 Å². The van der Waals surface area contributed by atoms with Crippen molar-refractivity contribution in [2.24, 2.45) is 0 Å². The van der Waals surface area contributed by atoms with Gasteiger partial charge >= 0.3 is 0 Å². The van der Waals surface area contributed by atoms with Gasteiger partial charge in [0, 0.05) is 66.5 Å². The summed E-state index contributed by atoms with van der Waals surface area (Å²) in [6.45, 7) is 22.6. The van der Waals surface area contributed by atoms with Gasteiger partial charge < -0.3 is 19.1 Å². The van der Waals surface area contributed by atoms with Crippen molar-refractivity contribution in [2.75, 3.05) is 9.80 Å². The van der Waals surface area contributed by atoms with Gasteiger partial charge in [-0.25, -0.2) is 4.98 Å². The van der Waals surface area contributed by atoms with Crippen LogP contribution in [-0.2, 0) is 42.7 Å². The summed E-state index contributed by atoms with van der Waals surface area (Å²) in [6, 6.07) is 82.7. The summed E-state index contributed by atoms with van der Waals surface area (Å²) < 4.78 is 9.48. The second-order valence-corrected chi connectivity index (χ2v) is 24.6. The van der Waals surface area contributed by atoms with Crippen molar-refractivity contribution < 1.29 is 25.8 Å². The summed E-state index contributed by atoms with van der Waals surface area (Å²) in [5.74, 6) is 1.98. The minimum absolute atomic E-state index is 0. The van der Waals surface area contributed by atoms with E-state index in [0.29, 0.717) is 11.5 Å². The second-order valence-electron chi connectivity index (χ2n) is 24.6. The van der Waals surface area contributed by atoms with Crippen molar-refractivity contribution in [3.8, 4) is 50.7 Å². The summed E-state index contributed by atoms with van der Waals surface area (Å²) in [5.41, 5.74) is 18.4. The van der Waals surface area contributed by atoms with Crippen LogP contribution in [-0.4, -0.2) is 9.55 Å². The average molecular weight is 1230 g/mol. The molecule has 404 valence electrons. The monoisotopic (exact) mass is 1230 g/mol. The first kappa shape index (κ1) is 53.4. The van der Waals surface area contributed by atoms with Crippen LogP contribution in [0.3, 0.4) is 0 Å². The number of hydrogen-bond acceptors (Lipinski definition) is 4. The summed E-state index contributed by atoms with van der Waals surface area (Å²) in [7, 11) is 0. The van der Waals surface area contributed by atoms with Gasteiger partial charge in [-0.2, -0.15) is 6.07 Å². The molecular weight excluding hydrogens is 1170 g/mol. The predicted molar refractivity (Wildman–Crippen MR) is 332 cm³/mol. The minimum atomic E-state index is -0.734. The quantitative estimate of drug-likeness (QED) is 0.135. The number of rotatable bonds is 9. The molecule has 0 bridgehead atoms. The minimum Gasteiger partial charge on any atom is -0.509 e. The van der Waals surface area contributed by atoms with E-state index in [2.05, 4.69) is 308 Å². The number of anilines is 2. The number of fused-ring (bicyclic) bond motifs is 6. The Morgan fingerprint density at radius 3 is 1.64 bits per heavy atom. The van der Waals surface area contributed by atoms with Crippen molar-refractivity contribution in [1.82, 2.24) is 9.55 Å². The molecule has 0 radical (unpaired) electrons. The van der Waals surface area contributed by atoms with Crippen molar-refractivity contribution in [1.29, 1.82) is 0 Å². The van der Waals surface area contributed by atoms with Gasteiger partial charge in [0.1, 0.15) is 5.82 Å². The van der Waals surface area contributed by atoms with Gasteiger partial charge in [0.15, 0.2) is 0 Å². The fraction of sp³-hybridized carbons (Fsp3) is 0.173. The second kappa shape index (κ2) is 20.4. The Bertz CT molecular complexity index is 4090. The van der Waals surface area contributed by atoms with Crippen molar-refractivity contribution in [2.45, 2.75) is 84.0 Å². The third-order valence-electron chi connectivity index (χ3n) is 16.3. The molecule has 5 nitrogen and oxygen atoms in total. The number of nitrogens with zero attached hydrogens (tertiary/aromatic N) is 4. The summed E-state index contributed by atoms with van der Waals surface area (Å²) >= 11 is 0. The van der Waals surface area contributed by atoms with Gasteiger partial charge in [-0.05, 0) is 120 Å². The Hall–Kier alpha value is -8.24. The first-order valence-corrected chi connectivity index (χ1v) is 27.9. The van der Waals surface area contributed by atoms with Gasteiger partial charge in [-0.1, -0.05) is 219 Å². The van der Waals surface area contributed by atoms with E-state index in [1.165, 1.54) is 44.5 Å².